The van der Waals surface area contributed by atoms with E-state index in [1.54, 1.807) is 18.1 Å². The number of carbonyl (C=O) groups is 3. The van der Waals surface area contributed by atoms with E-state index in [1.165, 1.54) is 11.8 Å². The van der Waals surface area contributed by atoms with E-state index < -0.39 is 18.0 Å². The molecule has 0 spiro atoms. The van der Waals surface area contributed by atoms with Gasteiger partial charge in [-0.05, 0) is 117 Å². The van der Waals surface area contributed by atoms with E-state index in [0.717, 1.165) is 92.8 Å². The van der Waals surface area contributed by atoms with E-state index in [9.17, 15) is 14.4 Å². The minimum Gasteiger partial charge on any atom is -0.358 e. The van der Waals surface area contributed by atoms with Crippen LogP contribution in [-0.4, -0.2) is 108 Å². The zero-order valence-electron chi connectivity index (χ0n) is 36.7. The number of pyridine rings is 2. The first-order valence-corrected chi connectivity index (χ1v) is 23.3. The minimum absolute atomic E-state index is 0.0282. The number of nitrogens with one attached hydrogen (secondary N) is 3. The van der Waals surface area contributed by atoms with Gasteiger partial charge in [-0.15, -0.1) is 0 Å². The number of hydrogen-bond donors (Lipinski definition) is 5. The number of carbonyl (C=O) groups excluding carboxylic acids is 3. The van der Waals surface area contributed by atoms with Gasteiger partial charge in [-0.3, -0.25) is 14.4 Å². The summed E-state index contributed by atoms with van der Waals surface area (Å²) in [6, 6.07) is 18.6. The van der Waals surface area contributed by atoms with E-state index in [0.29, 0.717) is 50.3 Å². The summed E-state index contributed by atoms with van der Waals surface area (Å²) in [5.41, 5.74) is 18.2. The van der Waals surface area contributed by atoms with Crippen LogP contribution in [0.3, 0.4) is 0 Å². The maximum absolute atomic E-state index is 14.9. The molecule has 7 rings (SSSR count). The highest BCUT2D eigenvalue weighted by molar-refractivity contribution is 7.99. The summed E-state index contributed by atoms with van der Waals surface area (Å²) in [6.45, 7) is 7.08. The molecule has 3 aromatic heterocycles. The summed E-state index contributed by atoms with van der Waals surface area (Å²) in [5, 5.41) is 9.00. The fourth-order valence-electron chi connectivity index (χ4n) is 8.72. The fraction of sp³-hybridized carbons (Fsp3) is 0.438. The second kappa shape index (κ2) is 21.7. The SMILES string of the molecule is Cc1[nH]c2ccccc2c1C[C@H]1C(=O)NCc2cc(-c3ccnc(N4CCN(C)CC4)c3)cc(Cl)c2Sc2ncccc2CN[C@@H](CCCN)C(=O)C[C@@H](CCCCN)C(=O)N1C. The Balaban J connectivity index is 1.31. The third kappa shape index (κ3) is 11.3. The maximum Gasteiger partial charge on any atom is 0.243 e. The molecule has 2 aromatic carbocycles. The van der Waals surface area contributed by atoms with Gasteiger partial charge in [-0.2, -0.15) is 0 Å². The van der Waals surface area contributed by atoms with Crippen molar-refractivity contribution in [1.82, 2.24) is 35.4 Å². The first-order chi connectivity index (χ1) is 30.5. The number of H-pyrrole nitrogens is 1. The smallest absolute Gasteiger partial charge is 0.243 e. The van der Waals surface area contributed by atoms with Crippen molar-refractivity contribution in [3.05, 3.63) is 100 Å². The topological polar surface area (TPSA) is 179 Å². The van der Waals surface area contributed by atoms with E-state index in [4.69, 9.17) is 33.0 Å². The van der Waals surface area contributed by atoms with Crippen LogP contribution in [0, 0.1) is 12.8 Å². The molecule has 0 bridgehead atoms. The van der Waals surface area contributed by atoms with Crippen LogP contribution in [0.5, 0.6) is 0 Å². The van der Waals surface area contributed by atoms with E-state index in [-0.39, 0.29) is 37.0 Å². The number of rotatable bonds is 11. The number of nitrogens with zero attached hydrogens (tertiary/aromatic N) is 5. The largest absolute Gasteiger partial charge is 0.358 e. The van der Waals surface area contributed by atoms with Gasteiger partial charge in [0, 0.05) is 99.0 Å². The predicted octanol–water partition coefficient (Wildman–Crippen LogP) is 6.09. The van der Waals surface area contributed by atoms with Crippen molar-refractivity contribution in [3.63, 3.8) is 0 Å². The number of amides is 2. The fourth-order valence-corrected chi connectivity index (χ4v) is 10.1. The summed E-state index contributed by atoms with van der Waals surface area (Å²) < 4.78 is 0. The van der Waals surface area contributed by atoms with Crippen molar-refractivity contribution in [2.24, 2.45) is 17.4 Å². The number of para-hydroxylation sites is 1. The summed E-state index contributed by atoms with van der Waals surface area (Å²) in [7, 11) is 3.83. The number of fused-ring (bicyclic) bond motifs is 3. The van der Waals surface area contributed by atoms with Crippen molar-refractivity contribution in [3.8, 4) is 11.1 Å². The number of unbranched alkanes of at least 4 members (excludes halogenated alkanes) is 1. The highest BCUT2D eigenvalue weighted by Crippen LogP contribution is 2.40. The number of nitrogens with two attached hydrogens (primary N) is 2. The molecule has 2 amide bonds. The summed E-state index contributed by atoms with van der Waals surface area (Å²) in [5.74, 6) is -0.363. The van der Waals surface area contributed by atoms with Crippen LogP contribution < -0.4 is 27.0 Å². The van der Waals surface area contributed by atoms with Crippen molar-refractivity contribution >= 4 is 57.7 Å². The molecule has 0 radical (unpaired) electrons. The second-order valence-electron chi connectivity index (χ2n) is 16.9. The molecule has 5 heterocycles. The standard InChI is InChI=1S/C48H61ClN10O3S/c1-31-38(37-12-4-5-13-40(37)56-31)28-42-46(61)55-30-36-24-35(32-15-19-52-44(27-32)59-22-20-57(2)21-23-59)25-39(49)45(36)63-47-34(11-9-18-53-47)29-54-41(14-8-17-51)43(60)26-33(10-6-7-16-50)48(62)58(42)3/h4-5,9,11-13,15,18-19,24-25,27,33,41-42,54,56H,6-8,10,14,16-17,20-23,26,28-30,50-51H2,1-3H3,(H,55,61)/t33-,41+,42+/m1/s1. The van der Waals surface area contributed by atoms with Gasteiger partial charge < -0.3 is 41.8 Å². The molecule has 63 heavy (non-hydrogen) atoms. The molecule has 1 fully saturated rings. The van der Waals surface area contributed by atoms with Gasteiger partial charge in [-0.25, -0.2) is 9.97 Å². The van der Waals surface area contributed by atoms with Gasteiger partial charge >= 0.3 is 0 Å². The van der Waals surface area contributed by atoms with Crippen LogP contribution >= 0.6 is 23.4 Å². The first kappa shape index (κ1) is 46.2. The Morgan fingerprint density at radius 3 is 2.43 bits per heavy atom. The molecule has 7 N–H and O–H groups in total. The Bertz CT molecular complexity index is 2380. The molecule has 15 heteroatoms. The highest BCUT2D eigenvalue weighted by Gasteiger charge is 2.35. The molecule has 334 valence electrons. The molecular formula is C48H61ClN10O3S. The van der Waals surface area contributed by atoms with E-state index in [1.807, 2.05) is 61.7 Å². The lowest BCUT2D eigenvalue weighted by molar-refractivity contribution is -0.143. The number of aryl methyl sites for hydroxylation is 1. The van der Waals surface area contributed by atoms with Crippen LogP contribution in [0.15, 0.2) is 83.0 Å². The van der Waals surface area contributed by atoms with Gasteiger partial charge in [0.2, 0.25) is 11.8 Å². The minimum atomic E-state index is -0.896. The lowest BCUT2D eigenvalue weighted by atomic mass is 9.90. The zero-order valence-corrected chi connectivity index (χ0v) is 38.2. The quantitative estimate of drug-likeness (QED) is 0.0970. The maximum atomic E-state index is 14.9. The Labute approximate surface area is 380 Å². The Hall–Kier alpha value is -4.83. The molecular weight excluding hydrogens is 832 g/mol. The Kier molecular flexibility index (Phi) is 15.9. The summed E-state index contributed by atoms with van der Waals surface area (Å²) >= 11 is 8.74. The van der Waals surface area contributed by atoms with Crippen molar-refractivity contribution in [2.75, 3.05) is 58.3 Å². The molecule has 1 saturated heterocycles. The van der Waals surface area contributed by atoms with Crippen molar-refractivity contribution in [2.45, 2.75) is 87.0 Å². The third-order valence-corrected chi connectivity index (χ3v) is 14.2. The average molecular weight is 894 g/mol. The van der Waals surface area contributed by atoms with Crippen molar-refractivity contribution in [1.29, 1.82) is 0 Å². The van der Waals surface area contributed by atoms with Crippen molar-refractivity contribution < 1.29 is 14.4 Å². The first-order valence-electron chi connectivity index (χ1n) is 22.2. The van der Waals surface area contributed by atoms with Crippen LogP contribution in [0.4, 0.5) is 5.82 Å². The van der Waals surface area contributed by atoms with Gasteiger partial charge in [0.1, 0.15) is 16.9 Å². The average Bonchev–Trinajstić information content (AvgIpc) is 3.61. The zero-order chi connectivity index (χ0) is 44.5. The monoisotopic (exact) mass is 892 g/mol. The van der Waals surface area contributed by atoms with E-state index in [2.05, 4.69) is 44.6 Å². The number of halogens is 1. The van der Waals surface area contributed by atoms with Gasteiger partial charge in [0.25, 0.3) is 0 Å². The summed E-state index contributed by atoms with van der Waals surface area (Å²) in [4.78, 5) is 64.0. The number of Topliss-reactive ketones (excluding diaryl/α,β-unsaturated/α-hetero) is 1. The number of likely N-dealkylation sites (N-methyl/N-ethyl adjacent to an activating group) is 2. The number of anilines is 1. The lowest BCUT2D eigenvalue weighted by Gasteiger charge is -2.33. The van der Waals surface area contributed by atoms with Crippen LogP contribution in [0.25, 0.3) is 22.0 Å². The second-order valence-corrected chi connectivity index (χ2v) is 18.3. The number of aromatic nitrogens is 3. The lowest BCUT2D eigenvalue weighted by Crippen LogP contribution is -2.51. The Morgan fingerprint density at radius 2 is 1.63 bits per heavy atom. The molecule has 2 aliphatic rings. The number of ketones is 1. The van der Waals surface area contributed by atoms with Crippen LogP contribution in [0.2, 0.25) is 5.02 Å². The van der Waals surface area contributed by atoms with Crippen LogP contribution in [-0.2, 0) is 33.9 Å². The van der Waals surface area contributed by atoms with E-state index >= 15 is 0 Å². The molecule has 5 aromatic rings. The van der Waals surface area contributed by atoms with Gasteiger partial charge in [0.05, 0.1) is 11.1 Å². The third-order valence-electron chi connectivity index (χ3n) is 12.5. The number of aromatic amines is 1. The number of benzene rings is 2. The number of piperazine rings is 1. The predicted molar refractivity (Wildman–Crippen MR) is 253 cm³/mol. The molecule has 0 unspecified atom stereocenters. The molecule has 3 atom stereocenters. The highest BCUT2D eigenvalue weighted by atomic mass is 35.5. The molecule has 0 aliphatic carbocycles. The normalized spacial score (nSPS) is 19.8. The van der Waals surface area contributed by atoms with Crippen LogP contribution in [0.1, 0.15) is 60.9 Å². The molecule has 0 saturated carbocycles. The Morgan fingerprint density at radius 1 is 0.841 bits per heavy atom. The number of hydrogen-bond acceptors (Lipinski definition) is 11. The summed E-state index contributed by atoms with van der Waals surface area (Å²) in [6.07, 6.45) is 6.90. The van der Waals surface area contributed by atoms with Gasteiger partial charge in [0.15, 0.2) is 5.78 Å². The van der Waals surface area contributed by atoms with Gasteiger partial charge in [-0.1, -0.05) is 54.0 Å². The molecule has 2 aliphatic heterocycles. The molecule has 13 nitrogen and oxygen atoms in total.